The second-order valence-electron chi connectivity index (χ2n) is 3.76. The lowest BCUT2D eigenvalue weighted by molar-refractivity contribution is 0.0617. The van der Waals surface area contributed by atoms with Crippen molar-refractivity contribution >= 4 is 17.1 Å². The molecule has 0 radical (unpaired) electrons. The van der Waals surface area contributed by atoms with Crippen LogP contribution in [0.1, 0.15) is 47.8 Å². The summed E-state index contributed by atoms with van der Waals surface area (Å²) in [5.41, 5.74) is 0.475. The molecule has 1 heterocycles. The molecule has 1 fully saturated rings. The number of aliphatic hydroxyl groups excluding tert-OH is 1. The van der Waals surface area contributed by atoms with E-state index >= 15 is 0 Å². The fourth-order valence-electron chi connectivity index (χ4n) is 1.54. The smallest absolute Gasteiger partial charge is 0.178 e. The Balaban J connectivity index is 2.11. The molecule has 0 amide bonds. The van der Waals surface area contributed by atoms with Crippen molar-refractivity contribution in [2.24, 2.45) is 5.92 Å². The third-order valence-corrected chi connectivity index (χ3v) is 3.65. The Bertz CT molecular complexity index is 344. The normalized spacial score (nSPS) is 19.0. The zero-order valence-electron chi connectivity index (χ0n) is 8.06. The van der Waals surface area contributed by atoms with Crippen LogP contribution in [-0.4, -0.2) is 15.9 Å². The Morgan fingerprint density at radius 1 is 1.71 bits per heavy atom. The van der Waals surface area contributed by atoms with Gasteiger partial charge >= 0.3 is 0 Å². The number of nitrogens with zero attached hydrogens (tertiary/aromatic N) is 1. The van der Waals surface area contributed by atoms with Crippen molar-refractivity contribution in [3.8, 4) is 0 Å². The third-order valence-electron chi connectivity index (χ3n) is 2.73. The van der Waals surface area contributed by atoms with E-state index in [0.717, 1.165) is 12.8 Å². The minimum Gasteiger partial charge on any atom is -0.386 e. The molecule has 4 heteroatoms. The first-order valence-electron chi connectivity index (χ1n) is 4.83. The summed E-state index contributed by atoms with van der Waals surface area (Å²) < 4.78 is 0. The number of rotatable bonds is 3. The van der Waals surface area contributed by atoms with Crippen molar-refractivity contribution in [1.29, 1.82) is 0 Å². The van der Waals surface area contributed by atoms with E-state index in [1.54, 1.807) is 5.38 Å². The van der Waals surface area contributed by atoms with Gasteiger partial charge in [-0.25, -0.2) is 4.98 Å². The maximum Gasteiger partial charge on any atom is 0.178 e. The lowest BCUT2D eigenvalue weighted by atomic mass is 9.81. The van der Waals surface area contributed by atoms with Crippen molar-refractivity contribution in [2.75, 3.05) is 0 Å². The zero-order chi connectivity index (χ0) is 10.1. The van der Waals surface area contributed by atoms with Crippen LogP contribution in [0.4, 0.5) is 0 Å². The number of carbonyl (C=O) groups is 1. The van der Waals surface area contributed by atoms with Crippen LogP contribution in [-0.2, 0) is 0 Å². The highest BCUT2D eigenvalue weighted by Crippen LogP contribution is 2.38. The molecule has 1 aliphatic rings. The number of hydrogen-bond acceptors (Lipinski definition) is 4. The predicted molar refractivity (Wildman–Crippen MR) is 54.4 cm³/mol. The molecule has 0 spiro atoms. The van der Waals surface area contributed by atoms with Crippen molar-refractivity contribution in [1.82, 2.24) is 4.98 Å². The first-order chi connectivity index (χ1) is 6.68. The molecule has 3 nitrogen and oxygen atoms in total. The van der Waals surface area contributed by atoms with Gasteiger partial charge in [0.2, 0.25) is 0 Å². The van der Waals surface area contributed by atoms with E-state index in [1.165, 1.54) is 24.7 Å². The summed E-state index contributed by atoms with van der Waals surface area (Å²) in [6, 6.07) is 0. The zero-order valence-corrected chi connectivity index (χ0v) is 8.88. The van der Waals surface area contributed by atoms with Gasteiger partial charge in [-0.2, -0.15) is 0 Å². The lowest BCUT2D eigenvalue weighted by Crippen LogP contribution is -2.19. The van der Waals surface area contributed by atoms with E-state index in [0.29, 0.717) is 16.6 Å². The standard InChI is InChI=1S/C10H13NO2S/c1-6(12)8-5-14-10(11-8)9(13)7-3-2-4-7/h5,7,9,13H,2-4H2,1H3. The molecule has 1 aromatic rings. The average Bonchev–Trinajstić information content (AvgIpc) is 2.48. The Morgan fingerprint density at radius 3 is 2.86 bits per heavy atom. The number of Topliss-reactive ketones (excluding diaryl/α,β-unsaturated/α-hetero) is 1. The van der Waals surface area contributed by atoms with Crippen molar-refractivity contribution in [3.63, 3.8) is 0 Å². The maximum atomic E-state index is 11.0. The summed E-state index contributed by atoms with van der Waals surface area (Å²) >= 11 is 1.38. The number of thiazole rings is 1. The third kappa shape index (κ3) is 1.72. The van der Waals surface area contributed by atoms with Gasteiger partial charge in [0.25, 0.3) is 0 Å². The second-order valence-corrected chi connectivity index (χ2v) is 4.65. The van der Waals surface area contributed by atoms with Crippen LogP contribution < -0.4 is 0 Å². The van der Waals surface area contributed by atoms with Crippen LogP contribution in [0.2, 0.25) is 0 Å². The lowest BCUT2D eigenvalue weighted by Gasteiger charge is -2.28. The molecule has 1 atom stereocenters. The Labute approximate surface area is 86.8 Å². The van der Waals surface area contributed by atoms with Gasteiger partial charge in [0.1, 0.15) is 16.8 Å². The molecule has 1 aliphatic carbocycles. The SMILES string of the molecule is CC(=O)c1csc(C(O)C2CCC2)n1. The Kier molecular flexibility index (Phi) is 2.65. The molecule has 76 valence electrons. The summed E-state index contributed by atoms with van der Waals surface area (Å²) in [6.45, 7) is 1.49. The second kappa shape index (κ2) is 3.79. The first kappa shape index (κ1) is 9.80. The molecule has 1 aromatic heterocycles. The fraction of sp³-hybridized carbons (Fsp3) is 0.600. The predicted octanol–water partition coefficient (Wildman–Crippen LogP) is 2.18. The molecular formula is C10H13NO2S. The van der Waals surface area contributed by atoms with E-state index < -0.39 is 6.10 Å². The summed E-state index contributed by atoms with van der Waals surface area (Å²) in [4.78, 5) is 15.1. The number of carbonyl (C=O) groups excluding carboxylic acids is 1. The number of hydrogen-bond donors (Lipinski definition) is 1. The molecule has 2 rings (SSSR count). The van der Waals surface area contributed by atoms with Crippen molar-refractivity contribution in [2.45, 2.75) is 32.3 Å². The summed E-state index contributed by atoms with van der Waals surface area (Å²) in [7, 11) is 0. The number of ketones is 1. The molecule has 0 aliphatic heterocycles. The van der Waals surface area contributed by atoms with Crippen molar-refractivity contribution in [3.05, 3.63) is 16.1 Å². The Morgan fingerprint density at radius 2 is 2.43 bits per heavy atom. The largest absolute Gasteiger partial charge is 0.386 e. The first-order valence-corrected chi connectivity index (χ1v) is 5.71. The van der Waals surface area contributed by atoms with Crippen LogP contribution in [0.15, 0.2) is 5.38 Å². The van der Waals surface area contributed by atoms with Crippen LogP contribution in [0.25, 0.3) is 0 Å². The number of aromatic nitrogens is 1. The van der Waals surface area contributed by atoms with Crippen molar-refractivity contribution < 1.29 is 9.90 Å². The molecule has 1 N–H and O–H groups in total. The molecular weight excluding hydrogens is 198 g/mol. The van der Waals surface area contributed by atoms with E-state index in [9.17, 15) is 9.90 Å². The monoisotopic (exact) mass is 211 g/mol. The Hall–Kier alpha value is -0.740. The summed E-state index contributed by atoms with van der Waals surface area (Å²) in [6.07, 6.45) is 2.90. The van der Waals surface area contributed by atoms with E-state index in [-0.39, 0.29) is 5.78 Å². The van der Waals surface area contributed by atoms with Gasteiger partial charge in [-0.15, -0.1) is 11.3 Å². The molecule has 0 bridgehead atoms. The highest BCUT2D eigenvalue weighted by Gasteiger charge is 2.28. The minimum absolute atomic E-state index is 0.0340. The topological polar surface area (TPSA) is 50.2 Å². The highest BCUT2D eigenvalue weighted by atomic mass is 32.1. The fourth-order valence-corrected chi connectivity index (χ4v) is 2.48. The van der Waals surface area contributed by atoms with E-state index in [2.05, 4.69) is 4.98 Å². The quantitative estimate of drug-likeness (QED) is 0.779. The van der Waals surface area contributed by atoms with Crippen LogP contribution >= 0.6 is 11.3 Å². The van der Waals surface area contributed by atoms with Gasteiger partial charge in [-0.3, -0.25) is 4.79 Å². The van der Waals surface area contributed by atoms with Gasteiger partial charge in [0, 0.05) is 12.3 Å². The van der Waals surface area contributed by atoms with Gasteiger partial charge in [0.05, 0.1) is 0 Å². The van der Waals surface area contributed by atoms with E-state index in [1.807, 2.05) is 0 Å². The maximum absolute atomic E-state index is 11.0. The van der Waals surface area contributed by atoms with Crippen LogP contribution in [0, 0.1) is 5.92 Å². The van der Waals surface area contributed by atoms with Gasteiger partial charge in [-0.05, 0) is 18.8 Å². The molecule has 0 saturated heterocycles. The number of aliphatic hydroxyl groups is 1. The molecule has 1 unspecified atom stereocenters. The molecule has 1 saturated carbocycles. The van der Waals surface area contributed by atoms with Gasteiger partial charge < -0.3 is 5.11 Å². The van der Waals surface area contributed by atoms with Gasteiger partial charge in [-0.1, -0.05) is 6.42 Å². The summed E-state index contributed by atoms with van der Waals surface area (Å²) in [5.74, 6) is 0.328. The van der Waals surface area contributed by atoms with E-state index in [4.69, 9.17) is 0 Å². The summed E-state index contributed by atoms with van der Waals surface area (Å²) in [5, 5.41) is 12.3. The van der Waals surface area contributed by atoms with Crippen LogP contribution in [0.5, 0.6) is 0 Å². The highest BCUT2D eigenvalue weighted by molar-refractivity contribution is 7.09. The minimum atomic E-state index is -0.457. The molecule has 14 heavy (non-hydrogen) atoms. The van der Waals surface area contributed by atoms with Crippen LogP contribution in [0.3, 0.4) is 0 Å². The molecule has 0 aromatic carbocycles. The average molecular weight is 211 g/mol. The van der Waals surface area contributed by atoms with Gasteiger partial charge in [0.15, 0.2) is 5.78 Å².